The smallest absolute Gasteiger partial charge is 0.157 e. The molecule has 0 fully saturated rings. The van der Waals surface area contributed by atoms with Crippen molar-refractivity contribution >= 4 is 17.0 Å². The zero-order chi connectivity index (χ0) is 13.4. The lowest BCUT2D eigenvalue weighted by molar-refractivity contribution is 0.273. The van der Waals surface area contributed by atoms with Crippen molar-refractivity contribution in [2.75, 3.05) is 19.6 Å². The van der Waals surface area contributed by atoms with Crippen LogP contribution in [0.2, 0.25) is 0 Å². The van der Waals surface area contributed by atoms with E-state index in [1.165, 1.54) is 19.3 Å². The number of unbranched alkanes of at least 4 members (excludes halogenated alkanes) is 1. The molecule has 19 heavy (non-hydrogen) atoms. The Morgan fingerprint density at radius 1 is 0.947 bits per heavy atom. The summed E-state index contributed by atoms with van der Waals surface area (Å²) in [5.74, 6) is -0.0711. The van der Waals surface area contributed by atoms with E-state index in [0.29, 0.717) is 0 Å². The summed E-state index contributed by atoms with van der Waals surface area (Å²) >= 11 is 0. The number of aromatic hydroxyl groups is 2. The maximum Gasteiger partial charge on any atom is 0.157 e. The largest absolute Gasteiger partial charge is 0.504 e. The number of halogens is 1. The summed E-state index contributed by atoms with van der Waals surface area (Å²) < 4.78 is 0. The van der Waals surface area contributed by atoms with Gasteiger partial charge in [0, 0.05) is 6.54 Å². The molecule has 0 atom stereocenters. The molecule has 0 aromatic heterocycles. The molecule has 1 aromatic rings. The zero-order valence-corrected chi connectivity index (χ0v) is 13.6. The van der Waals surface area contributed by atoms with Crippen molar-refractivity contribution in [2.45, 2.75) is 39.5 Å². The van der Waals surface area contributed by atoms with Gasteiger partial charge in [0.25, 0.3) is 0 Å². The van der Waals surface area contributed by atoms with E-state index in [9.17, 15) is 10.2 Å². The Labute approximate surface area is 127 Å². The minimum atomic E-state index is -0.0462. The minimum absolute atomic E-state index is 0. The Kier molecular flexibility index (Phi) is 9.70. The third-order valence-corrected chi connectivity index (χ3v) is 3.12. The van der Waals surface area contributed by atoms with Gasteiger partial charge < -0.3 is 15.1 Å². The summed E-state index contributed by atoms with van der Waals surface area (Å²) in [6.07, 6.45) is 4.54. The van der Waals surface area contributed by atoms with Crippen molar-refractivity contribution in [3.8, 4) is 11.5 Å². The van der Waals surface area contributed by atoms with Crippen LogP contribution in [-0.4, -0.2) is 34.7 Å². The molecule has 0 radical (unpaired) electrons. The van der Waals surface area contributed by atoms with Crippen molar-refractivity contribution in [1.29, 1.82) is 0 Å². The SMILES string of the molecule is Br.CCCCN(CCC)CCc1ccc(O)c(O)c1. The van der Waals surface area contributed by atoms with Gasteiger partial charge >= 0.3 is 0 Å². The second-order valence-electron chi connectivity index (χ2n) is 4.77. The van der Waals surface area contributed by atoms with Crippen LogP contribution in [0, 0.1) is 0 Å². The third-order valence-electron chi connectivity index (χ3n) is 3.12. The van der Waals surface area contributed by atoms with Crippen LogP contribution in [0.15, 0.2) is 18.2 Å². The average molecular weight is 332 g/mol. The van der Waals surface area contributed by atoms with Crippen LogP contribution >= 0.6 is 17.0 Å². The van der Waals surface area contributed by atoms with Crippen LogP contribution in [-0.2, 0) is 6.42 Å². The maximum absolute atomic E-state index is 9.45. The number of phenolic OH excluding ortho intramolecular Hbond substituents is 2. The van der Waals surface area contributed by atoms with Crippen LogP contribution in [0.3, 0.4) is 0 Å². The Balaban J connectivity index is 0.00000324. The zero-order valence-electron chi connectivity index (χ0n) is 11.9. The van der Waals surface area contributed by atoms with Crippen LogP contribution in [0.25, 0.3) is 0 Å². The lowest BCUT2D eigenvalue weighted by atomic mass is 10.1. The average Bonchev–Trinajstić information content (AvgIpc) is 2.37. The first-order chi connectivity index (χ1) is 8.67. The molecule has 0 aliphatic rings. The molecule has 0 aliphatic carbocycles. The van der Waals surface area contributed by atoms with Crippen LogP contribution < -0.4 is 0 Å². The number of nitrogens with zero attached hydrogens (tertiary/aromatic N) is 1. The van der Waals surface area contributed by atoms with E-state index in [0.717, 1.165) is 31.6 Å². The van der Waals surface area contributed by atoms with E-state index in [1.807, 2.05) is 6.07 Å². The Morgan fingerprint density at radius 2 is 1.68 bits per heavy atom. The summed E-state index contributed by atoms with van der Waals surface area (Å²) in [4.78, 5) is 2.47. The Bertz CT molecular complexity index is 358. The number of phenols is 2. The highest BCUT2D eigenvalue weighted by molar-refractivity contribution is 8.93. The molecule has 0 aliphatic heterocycles. The highest BCUT2D eigenvalue weighted by Crippen LogP contribution is 2.25. The fourth-order valence-corrected chi connectivity index (χ4v) is 2.05. The van der Waals surface area contributed by atoms with E-state index in [1.54, 1.807) is 12.1 Å². The van der Waals surface area contributed by atoms with Crippen molar-refractivity contribution in [1.82, 2.24) is 4.90 Å². The molecule has 0 amide bonds. The van der Waals surface area contributed by atoms with E-state index < -0.39 is 0 Å². The van der Waals surface area contributed by atoms with Gasteiger partial charge in [-0.3, -0.25) is 0 Å². The van der Waals surface area contributed by atoms with E-state index >= 15 is 0 Å². The maximum atomic E-state index is 9.45. The topological polar surface area (TPSA) is 43.7 Å². The lowest BCUT2D eigenvalue weighted by Crippen LogP contribution is -2.28. The fraction of sp³-hybridized carbons (Fsp3) is 0.600. The molecule has 110 valence electrons. The van der Waals surface area contributed by atoms with Crippen LogP contribution in [0.5, 0.6) is 11.5 Å². The van der Waals surface area contributed by atoms with E-state index in [-0.39, 0.29) is 28.5 Å². The van der Waals surface area contributed by atoms with E-state index in [4.69, 9.17) is 0 Å². The van der Waals surface area contributed by atoms with Gasteiger partial charge in [0.2, 0.25) is 0 Å². The molecule has 0 heterocycles. The molecule has 0 bridgehead atoms. The van der Waals surface area contributed by atoms with Crippen molar-refractivity contribution in [3.05, 3.63) is 23.8 Å². The van der Waals surface area contributed by atoms with Crippen molar-refractivity contribution < 1.29 is 10.2 Å². The Morgan fingerprint density at radius 3 is 2.26 bits per heavy atom. The molecule has 2 N–H and O–H groups in total. The molecule has 3 nitrogen and oxygen atoms in total. The van der Waals surface area contributed by atoms with Gasteiger partial charge in [-0.2, -0.15) is 0 Å². The molecule has 0 saturated carbocycles. The second-order valence-corrected chi connectivity index (χ2v) is 4.77. The molecule has 1 rings (SSSR count). The number of benzene rings is 1. The van der Waals surface area contributed by atoms with Gasteiger partial charge in [0.05, 0.1) is 0 Å². The quantitative estimate of drug-likeness (QED) is 0.713. The number of hydrogen-bond donors (Lipinski definition) is 2. The van der Waals surface area contributed by atoms with Crippen molar-refractivity contribution in [2.24, 2.45) is 0 Å². The summed E-state index contributed by atoms with van der Waals surface area (Å²) in [6.45, 7) is 7.70. The van der Waals surface area contributed by atoms with Gasteiger partial charge in [-0.1, -0.05) is 26.3 Å². The molecule has 0 saturated heterocycles. The van der Waals surface area contributed by atoms with E-state index in [2.05, 4.69) is 18.7 Å². The number of hydrogen-bond acceptors (Lipinski definition) is 3. The normalized spacial score (nSPS) is 10.5. The molecule has 1 aromatic carbocycles. The van der Waals surface area contributed by atoms with Gasteiger partial charge in [0.1, 0.15) is 0 Å². The van der Waals surface area contributed by atoms with Crippen LogP contribution in [0.1, 0.15) is 38.7 Å². The number of rotatable bonds is 8. The van der Waals surface area contributed by atoms with Gasteiger partial charge in [0.15, 0.2) is 11.5 Å². The highest BCUT2D eigenvalue weighted by atomic mass is 79.9. The molecule has 4 heteroatoms. The first-order valence-electron chi connectivity index (χ1n) is 6.90. The van der Waals surface area contributed by atoms with Gasteiger partial charge in [-0.25, -0.2) is 0 Å². The fourth-order valence-electron chi connectivity index (χ4n) is 2.05. The van der Waals surface area contributed by atoms with Crippen molar-refractivity contribution in [3.63, 3.8) is 0 Å². The summed E-state index contributed by atoms with van der Waals surface area (Å²) in [7, 11) is 0. The summed E-state index contributed by atoms with van der Waals surface area (Å²) in [6, 6.07) is 5.08. The van der Waals surface area contributed by atoms with Gasteiger partial charge in [-0.15, -0.1) is 17.0 Å². The first kappa shape index (κ1) is 18.3. The minimum Gasteiger partial charge on any atom is -0.504 e. The summed E-state index contributed by atoms with van der Waals surface area (Å²) in [5, 5.41) is 18.7. The highest BCUT2D eigenvalue weighted by Gasteiger charge is 2.05. The lowest BCUT2D eigenvalue weighted by Gasteiger charge is -2.21. The first-order valence-corrected chi connectivity index (χ1v) is 6.90. The second kappa shape index (κ2) is 10.1. The molecular formula is C15H26BrNO2. The van der Waals surface area contributed by atoms with Gasteiger partial charge in [-0.05, 0) is 50.0 Å². The molecule has 0 unspecified atom stereocenters. The van der Waals surface area contributed by atoms with Crippen LogP contribution in [0.4, 0.5) is 0 Å². The standard InChI is InChI=1S/C15H25NO2.BrH/c1-3-5-10-16(9-4-2)11-8-13-6-7-14(17)15(18)12-13;/h6-7,12,17-18H,3-5,8-11H2,1-2H3;1H. The predicted octanol–water partition coefficient (Wildman–Crippen LogP) is 3.73. The molecular weight excluding hydrogens is 306 g/mol. The third kappa shape index (κ3) is 6.83. The predicted molar refractivity (Wildman–Crippen MR) is 85.4 cm³/mol. The Hall–Kier alpha value is -0.740. The summed E-state index contributed by atoms with van der Waals surface area (Å²) in [5.41, 5.74) is 1.07. The molecule has 0 spiro atoms. The monoisotopic (exact) mass is 331 g/mol.